The lowest BCUT2D eigenvalue weighted by Gasteiger charge is -2.19. The summed E-state index contributed by atoms with van der Waals surface area (Å²) in [5, 5.41) is 4.66. The Morgan fingerprint density at radius 2 is 1.44 bits per heavy atom. The van der Waals surface area contributed by atoms with Crippen LogP contribution < -0.4 is 0 Å². The van der Waals surface area contributed by atoms with Gasteiger partial charge in [-0.1, -0.05) is 140 Å². The third-order valence-electron chi connectivity index (χ3n) is 8.57. The van der Waals surface area contributed by atoms with E-state index in [0.29, 0.717) is 0 Å². The molecule has 0 radical (unpaired) electrons. The highest BCUT2D eigenvalue weighted by Gasteiger charge is 2.18. The third-order valence-corrected chi connectivity index (χ3v) is 8.57. The highest BCUT2D eigenvalue weighted by atomic mass is 16.3. The Morgan fingerprint density at radius 3 is 2.35 bits per heavy atom. The maximum absolute atomic E-state index is 6.46. The van der Waals surface area contributed by atoms with Crippen molar-refractivity contribution in [2.75, 3.05) is 0 Å². The number of hydrogen-bond donors (Lipinski definition) is 0. The quantitative estimate of drug-likeness (QED) is 0.208. The van der Waals surface area contributed by atoms with Gasteiger partial charge in [0.05, 0.1) is 0 Å². The van der Waals surface area contributed by atoms with E-state index in [1.54, 1.807) is 0 Å². The van der Waals surface area contributed by atoms with Crippen LogP contribution in [0.5, 0.6) is 0 Å². The molecule has 0 N–H and O–H groups in total. The Bertz CT molecular complexity index is 2220. The lowest BCUT2D eigenvalue weighted by atomic mass is 9.85. The van der Waals surface area contributed by atoms with Crippen LogP contribution >= 0.6 is 0 Å². The van der Waals surface area contributed by atoms with Gasteiger partial charge < -0.3 is 4.42 Å². The molecule has 0 bridgehead atoms. The molecule has 0 aliphatic heterocycles. The Balaban J connectivity index is 1.27. The SMILES string of the molecule is C1=CC/C(=C(/c2ccc3oc4c5ccccc5ccc4c3c2)c2ccccc2Cc2cccc(-c3ccccc3)c2)C=C1. The molecule has 1 nitrogen and oxygen atoms in total. The average Bonchev–Trinajstić information content (AvgIpc) is 3.45. The van der Waals surface area contributed by atoms with Gasteiger partial charge in [0, 0.05) is 16.2 Å². The maximum Gasteiger partial charge on any atom is 0.143 e. The summed E-state index contributed by atoms with van der Waals surface area (Å²) in [5.74, 6) is 0. The minimum Gasteiger partial charge on any atom is -0.455 e. The first-order valence-electron chi connectivity index (χ1n) is 15.0. The molecule has 43 heavy (non-hydrogen) atoms. The Hall–Kier alpha value is -5.40. The van der Waals surface area contributed by atoms with E-state index in [1.807, 2.05) is 0 Å². The fraction of sp³-hybridized carbons (Fsp3) is 0.0476. The van der Waals surface area contributed by atoms with Crippen LogP contribution in [0.25, 0.3) is 49.4 Å². The second kappa shape index (κ2) is 10.8. The van der Waals surface area contributed by atoms with Crippen LogP contribution in [0.4, 0.5) is 0 Å². The van der Waals surface area contributed by atoms with Crippen LogP contribution in [-0.4, -0.2) is 0 Å². The molecule has 1 aromatic heterocycles. The number of fused-ring (bicyclic) bond motifs is 5. The molecular weight excluding hydrogens is 520 g/mol. The number of furan rings is 1. The molecule has 0 atom stereocenters. The monoisotopic (exact) mass is 550 g/mol. The predicted molar refractivity (Wildman–Crippen MR) is 181 cm³/mol. The third kappa shape index (κ3) is 4.70. The van der Waals surface area contributed by atoms with Crippen molar-refractivity contribution in [2.24, 2.45) is 0 Å². The summed E-state index contributed by atoms with van der Waals surface area (Å²) in [6.07, 6.45) is 10.6. The van der Waals surface area contributed by atoms with Crippen LogP contribution in [0.1, 0.15) is 28.7 Å². The Kier molecular flexibility index (Phi) is 6.35. The summed E-state index contributed by atoms with van der Waals surface area (Å²) in [6.45, 7) is 0. The van der Waals surface area contributed by atoms with Gasteiger partial charge in [0.1, 0.15) is 11.2 Å². The van der Waals surface area contributed by atoms with Crippen molar-refractivity contribution in [1.82, 2.24) is 0 Å². The molecular formula is C42H30O. The second-order valence-corrected chi connectivity index (χ2v) is 11.3. The lowest BCUT2D eigenvalue weighted by Crippen LogP contribution is -2.00. The molecule has 0 spiro atoms. The molecule has 0 saturated carbocycles. The van der Waals surface area contributed by atoms with Gasteiger partial charge in [0.15, 0.2) is 0 Å². The smallest absolute Gasteiger partial charge is 0.143 e. The van der Waals surface area contributed by atoms with Gasteiger partial charge in [-0.15, -0.1) is 0 Å². The van der Waals surface area contributed by atoms with Gasteiger partial charge in [-0.05, 0) is 81.0 Å². The first-order valence-corrected chi connectivity index (χ1v) is 15.0. The van der Waals surface area contributed by atoms with Gasteiger partial charge in [-0.3, -0.25) is 0 Å². The van der Waals surface area contributed by atoms with Crippen molar-refractivity contribution < 1.29 is 4.42 Å². The summed E-state index contributed by atoms with van der Waals surface area (Å²) in [7, 11) is 0. The first kappa shape index (κ1) is 25.3. The van der Waals surface area contributed by atoms with E-state index in [9.17, 15) is 0 Å². The Labute approximate surface area is 251 Å². The number of hydrogen-bond acceptors (Lipinski definition) is 1. The highest BCUT2D eigenvalue weighted by Crippen LogP contribution is 2.39. The molecule has 204 valence electrons. The lowest BCUT2D eigenvalue weighted by molar-refractivity contribution is 0.672. The predicted octanol–water partition coefficient (Wildman–Crippen LogP) is 11.3. The molecule has 0 saturated heterocycles. The van der Waals surface area contributed by atoms with Gasteiger partial charge in [0.25, 0.3) is 0 Å². The zero-order valence-electron chi connectivity index (χ0n) is 23.8. The fourth-order valence-electron chi connectivity index (χ4n) is 6.50. The molecule has 8 rings (SSSR count). The summed E-state index contributed by atoms with van der Waals surface area (Å²) in [4.78, 5) is 0. The summed E-state index contributed by atoms with van der Waals surface area (Å²) >= 11 is 0. The molecule has 7 aromatic rings. The first-order chi connectivity index (χ1) is 21.3. The van der Waals surface area contributed by atoms with Crippen molar-refractivity contribution in [3.63, 3.8) is 0 Å². The van der Waals surface area contributed by atoms with Gasteiger partial charge in [0.2, 0.25) is 0 Å². The van der Waals surface area contributed by atoms with Crippen molar-refractivity contribution in [2.45, 2.75) is 12.8 Å². The van der Waals surface area contributed by atoms with E-state index < -0.39 is 0 Å². The van der Waals surface area contributed by atoms with Crippen molar-refractivity contribution in [3.8, 4) is 11.1 Å². The van der Waals surface area contributed by atoms with E-state index >= 15 is 0 Å². The normalized spacial score (nSPS) is 14.1. The summed E-state index contributed by atoms with van der Waals surface area (Å²) < 4.78 is 6.46. The molecule has 1 aliphatic rings. The van der Waals surface area contributed by atoms with Crippen LogP contribution in [0, 0.1) is 0 Å². The zero-order valence-corrected chi connectivity index (χ0v) is 23.8. The van der Waals surface area contributed by atoms with Crippen LogP contribution in [0.3, 0.4) is 0 Å². The molecule has 6 aromatic carbocycles. The average molecular weight is 551 g/mol. The van der Waals surface area contributed by atoms with Crippen LogP contribution in [-0.2, 0) is 6.42 Å². The molecule has 0 fully saturated rings. The molecule has 0 amide bonds. The molecule has 0 unspecified atom stereocenters. The van der Waals surface area contributed by atoms with E-state index in [4.69, 9.17) is 4.42 Å². The van der Waals surface area contributed by atoms with Crippen LogP contribution in [0.15, 0.2) is 168 Å². The summed E-state index contributed by atoms with van der Waals surface area (Å²) in [6, 6.07) is 48.0. The maximum atomic E-state index is 6.46. The largest absolute Gasteiger partial charge is 0.455 e. The summed E-state index contributed by atoms with van der Waals surface area (Å²) in [5.41, 5.74) is 12.1. The van der Waals surface area contributed by atoms with Gasteiger partial charge in [-0.2, -0.15) is 0 Å². The molecule has 1 aliphatic carbocycles. The van der Waals surface area contributed by atoms with E-state index in [0.717, 1.165) is 40.2 Å². The van der Waals surface area contributed by atoms with E-state index in [2.05, 4.69) is 158 Å². The van der Waals surface area contributed by atoms with Crippen molar-refractivity contribution in [3.05, 3.63) is 186 Å². The van der Waals surface area contributed by atoms with Crippen LogP contribution in [0.2, 0.25) is 0 Å². The molecule has 1 heteroatoms. The minimum atomic E-state index is 0.857. The zero-order chi connectivity index (χ0) is 28.6. The van der Waals surface area contributed by atoms with Crippen molar-refractivity contribution in [1.29, 1.82) is 0 Å². The van der Waals surface area contributed by atoms with E-state index in [-0.39, 0.29) is 0 Å². The molecule has 1 heterocycles. The van der Waals surface area contributed by atoms with Gasteiger partial charge >= 0.3 is 0 Å². The fourth-order valence-corrected chi connectivity index (χ4v) is 6.50. The standard InChI is InChI=1S/C42H30O/c1-3-13-30(14-4-1)33-19-11-12-29(26-33)27-34-18-8-9-20-36(34)41(32-16-5-2-6-17-32)35-23-25-40-39(28-35)38-24-22-31-15-7-10-21-37(31)42(38)43-40/h1-16,18-26,28H,17,27H2/b41-32-. The van der Waals surface area contributed by atoms with Gasteiger partial charge in [-0.25, -0.2) is 0 Å². The van der Waals surface area contributed by atoms with E-state index in [1.165, 1.54) is 49.9 Å². The second-order valence-electron chi connectivity index (χ2n) is 11.3. The number of rotatable bonds is 5. The number of benzene rings is 6. The minimum absolute atomic E-state index is 0.857. The van der Waals surface area contributed by atoms with Crippen molar-refractivity contribution >= 4 is 38.3 Å². The topological polar surface area (TPSA) is 13.1 Å². The number of allylic oxidation sites excluding steroid dienone is 5. The highest BCUT2D eigenvalue weighted by molar-refractivity contribution is 6.15. The Morgan fingerprint density at radius 1 is 0.605 bits per heavy atom.